The number of rotatable bonds is 8. The van der Waals surface area contributed by atoms with Crippen molar-refractivity contribution in [2.24, 2.45) is 0 Å². The topological polar surface area (TPSA) is 92.4 Å². The van der Waals surface area contributed by atoms with Crippen LogP contribution in [0.2, 0.25) is 0 Å². The molecule has 0 aliphatic heterocycles. The smallest absolute Gasteiger partial charge is 0.240 e. The number of hydrogen-bond acceptors (Lipinski definition) is 4. The van der Waals surface area contributed by atoms with E-state index in [-0.39, 0.29) is 11.5 Å². The summed E-state index contributed by atoms with van der Waals surface area (Å²) in [6.45, 7) is 4.22. The molecule has 20 heavy (non-hydrogen) atoms. The van der Waals surface area contributed by atoms with Gasteiger partial charge in [0.1, 0.15) is 0 Å². The molecule has 114 valence electrons. The van der Waals surface area contributed by atoms with E-state index >= 15 is 0 Å². The van der Waals surface area contributed by atoms with Crippen LogP contribution in [0.1, 0.15) is 36.8 Å². The third kappa shape index (κ3) is 4.77. The zero-order valence-electron chi connectivity index (χ0n) is 12.1. The molecular weight excluding hydrogens is 276 g/mol. The number of aryl methyl sites for hydroxylation is 1. The van der Waals surface area contributed by atoms with Crippen LogP contribution < -0.4 is 10.5 Å². The van der Waals surface area contributed by atoms with Crippen LogP contribution in [0.5, 0.6) is 0 Å². The summed E-state index contributed by atoms with van der Waals surface area (Å²) < 4.78 is 27.1. The van der Waals surface area contributed by atoms with Gasteiger partial charge in [-0.15, -0.1) is 0 Å². The minimum atomic E-state index is -3.51. The van der Waals surface area contributed by atoms with E-state index in [0.29, 0.717) is 12.2 Å². The Kier molecular flexibility index (Phi) is 6.45. The summed E-state index contributed by atoms with van der Waals surface area (Å²) in [5.41, 5.74) is 7.77. The summed E-state index contributed by atoms with van der Waals surface area (Å²) in [5, 5.41) is 8.66. The zero-order valence-corrected chi connectivity index (χ0v) is 13.0. The van der Waals surface area contributed by atoms with Crippen LogP contribution in [0.4, 0.5) is 5.69 Å². The van der Waals surface area contributed by atoms with Crippen molar-refractivity contribution < 1.29 is 13.5 Å². The maximum atomic E-state index is 12.2. The Morgan fingerprint density at radius 2 is 1.80 bits per heavy atom. The molecule has 0 bridgehead atoms. The van der Waals surface area contributed by atoms with Crippen molar-refractivity contribution in [2.75, 3.05) is 18.9 Å². The predicted octanol–water partition coefficient (Wildman–Crippen LogP) is 1.72. The number of aliphatic hydroxyl groups excluding tert-OH is 1. The molecular formula is C14H24N2O3S. The molecule has 1 aromatic rings. The van der Waals surface area contributed by atoms with E-state index in [1.54, 1.807) is 13.0 Å². The number of anilines is 1. The maximum absolute atomic E-state index is 12.2. The van der Waals surface area contributed by atoms with Gasteiger partial charge < -0.3 is 10.8 Å². The average Bonchev–Trinajstić information content (AvgIpc) is 2.37. The molecule has 1 aromatic carbocycles. The van der Waals surface area contributed by atoms with Gasteiger partial charge in [0.05, 0.1) is 4.90 Å². The van der Waals surface area contributed by atoms with Crippen LogP contribution in [0, 0.1) is 13.8 Å². The van der Waals surface area contributed by atoms with Gasteiger partial charge in [0.25, 0.3) is 0 Å². The summed E-state index contributed by atoms with van der Waals surface area (Å²) in [4.78, 5) is 0.255. The number of nitrogen functional groups attached to an aromatic ring is 1. The van der Waals surface area contributed by atoms with Gasteiger partial charge in [0.2, 0.25) is 10.0 Å². The van der Waals surface area contributed by atoms with Crippen molar-refractivity contribution in [2.45, 2.75) is 44.4 Å². The summed E-state index contributed by atoms with van der Waals surface area (Å²) in [7, 11) is -3.51. The Bertz CT molecular complexity index is 542. The van der Waals surface area contributed by atoms with Gasteiger partial charge in [0, 0.05) is 18.8 Å². The van der Waals surface area contributed by atoms with E-state index in [4.69, 9.17) is 10.8 Å². The lowest BCUT2D eigenvalue weighted by molar-refractivity contribution is 0.282. The maximum Gasteiger partial charge on any atom is 0.240 e. The van der Waals surface area contributed by atoms with Crippen LogP contribution >= 0.6 is 0 Å². The van der Waals surface area contributed by atoms with Gasteiger partial charge in [-0.25, -0.2) is 13.1 Å². The highest BCUT2D eigenvalue weighted by Crippen LogP contribution is 2.22. The predicted molar refractivity (Wildman–Crippen MR) is 81.1 cm³/mol. The molecule has 1 rings (SSSR count). The Labute approximate surface area is 121 Å². The number of nitrogens with two attached hydrogens (primary N) is 1. The second-order valence-electron chi connectivity index (χ2n) is 5.00. The van der Waals surface area contributed by atoms with E-state index in [1.807, 2.05) is 6.92 Å². The molecule has 0 saturated heterocycles. The first-order valence-corrected chi connectivity index (χ1v) is 8.34. The number of aliphatic hydroxyl groups is 1. The first kappa shape index (κ1) is 16.9. The van der Waals surface area contributed by atoms with Gasteiger partial charge >= 0.3 is 0 Å². The Morgan fingerprint density at radius 3 is 2.45 bits per heavy atom. The fourth-order valence-corrected chi connectivity index (χ4v) is 3.43. The first-order chi connectivity index (χ1) is 9.38. The zero-order chi connectivity index (χ0) is 15.2. The largest absolute Gasteiger partial charge is 0.399 e. The molecule has 0 aliphatic carbocycles. The van der Waals surface area contributed by atoms with Gasteiger partial charge in [-0.2, -0.15) is 0 Å². The fourth-order valence-electron chi connectivity index (χ4n) is 2.01. The van der Waals surface area contributed by atoms with E-state index in [9.17, 15) is 8.42 Å². The van der Waals surface area contributed by atoms with E-state index in [2.05, 4.69) is 4.72 Å². The van der Waals surface area contributed by atoms with Crippen LogP contribution in [-0.4, -0.2) is 26.7 Å². The lowest BCUT2D eigenvalue weighted by Crippen LogP contribution is -2.25. The Morgan fingerprint density at radius 1 is 1.15 bits per heavy atom. The van der Waals surface area contributed by atoms with Crippen molar-refractivity contribution in [1.82, 2.24) is 4.72 Å². The summed E-state index contributed by atoms with van der Waals surface area (Å²) >= 11 is 0. The number of nitrogens with one attached hydrogen (secondary N) is 1. The van der Waals surface area contributed by atoms with Gasteiger partial charge in [-0.3, -0.25) is 0 Å². The lowest BCUT2D eigenvalue weighted by Gasteiger charge is -2.12. The SMILES string of the molecule is Cc1cc(N)cc(S(=O)(=O)NCCCCCCO)c1C. The molecule has 0 saturated carbocycles. The third-order valence-electron chi connectivity index (χ3n) is 3.31. The van der Waals surface area contributed by atoms with Crippen molar-refractivity contribution in [3.8, 4) is 0 Å². The number of sulfonamides is 1. The Hall–Kier alpha value is -1.11. The van der Waals surface area contributed by atoms with Crippen LogP contribution in [0.25, 0.3) is 0 Å². The van der Waals surface area contributed by atoms with Crippen LogP contribution in [-0.2, 0) is 10.0 Å². The summed E-state index contributed by atoms with van der Waals surface area (Å²) in [6, 6.07) is 3.26. The summed E-state index contributed by atoms with van der Waals surface area (Å²) in [5.74, 6) is 0. The Balaban J connectivity index is 2.65. The standard InChI is InChI=1S/C14H24N2O3S/c1-11-9-13(15)10-14(12(11)2)20(18,19)16-7-5-3-4-6-8-17/h9-10,16-17H,3-8,15H2,1-2H3. The average molecular weight is 300 g/mol. The number of benzene rings is 1. The summed E-state index contributed by atoms with van der Waals surface area (Å²) in [6.07, 6.45) is 3.34. The monoisotopic (exact) mass is 300 g/mol. The highest BCUT2D eigenvalue weighted by molar-refractivity contribution is 7.89. The molecule has 6 heteroatoms. The number of hydrogen-bond donors (Lipinski definition) is 3. The van der Waals surface area contributed by atoms with Crippen molar-refractivity contribution in [3.63, 3.8) is 0 Å². The molecule has 0 heterocycles. The fraction of sp³-hybridized carbons (Fsp3) is 0.571. The van der Waals surface area contributed by atoms with Gasteiger partial charge in [-0.1, -0.05) is 12.8 Å². The molecule has 4 N–H and O–H groups in total. The first-order valence-electron chi connectivity index (χ1n) is 6.85. The molecule has 0 spiro atoms. The highest BCUT2D eigenvalue weighted by atomic mass is 32.2. The van der Waals surface area contributed by atoms with Crippen LogP contribution in [0.15, 0.2) is 17.0 Å². The van der Waals surface area contributed by atoms with Gasteiger partial charge in [-0.05, 0) is 49.9 Å². The normalized spacial score (nSPS) is 11.8. The van der Waals surface area contributed by atoms with E-state index in [1.165, 1.54) is 6.07 Å². The third-order valence-corrected chi connectivity index (χ3v) is 4.90. The molecule has 5 nitrogen and oxygen atoms in total. The minimum absolute atomic E-state index is 0.188. The van der Waals surface area contributed by atoms with Crippen molar-refractivity contribution >= 4 is 15.7 Å². The molecule has 0 unspecified atom stereocenters. The lowest BCUT2D eigenvalue weighted by atomic mass is 10.1. The quantitative estimate of drug-likeness (QED) is 0.503. The van der Waals surface area contributed by atoms with E-state index < -0.39 is 10.0 Å². The molecule has 0 aliphatic rings. The van der Waals surface area contributed by atoms with E-state index in [0.717, 1.165) is 36.8 Å². The van der Waals surface area contributed by atoms with Gasteiger partial charge in [0.15, 0.2) is 0 Å². The second kappa shape index (κ2) is 7.61. The molecule has 0 amide bonds. The molecule has 0 aromatic heterocycles. The number of unbranched alkanes of at least 4 members (excludes halogenated alkanes) is 3. The van der Waals surface area contributed by atoms with Crippen molar-refractivity contribution in [1.29, 1.82) is 0 Å². The molecule has 0 radical (unpaired) electrons. The highest BCUT2D eigenvalue weighted by Gasteiger charge is 2.17. The minimum Gasteiger partial charge on any atom is -0.399 e. The molecule has 0 fully saturated rings. The van der Waals surface area contributed by atoms with Crippen molar-refractivity contribution in [3.05, 3.63) is 23.3 Å². The van der Waals surface area contributed by atoms with Crippen LogP contribution in [0.3, 0.4) is 0 Å². The second-order valence-corrected chi connectivity index (χ2v) is 6.73. The molecule has 0 atom stereocenters.